The molecule has 6 heteroatoms. The van der Waals surface area contributed by atoms with Crippen LogP contribution in [0.2, 0.25) is 0 Å². The number of aromatic nitrogens is 1. The second-order valence-corrected chi connectivity index (χ2v) is 9.57. The Morgan fingerprint density at radius 3 is 2.57 bits per heavy atom. The zero-order chi connectivity index (χ0) is 21.5. The number of dihydropyridines is 1. The molecule has 1 amide bonds. The second kappa shape index (κ2) is 7.84. The summed E-state index contributed by atoms with van der Waals surface area (Å²) in [7, 11) is 0. The van der Waals surface area contributed by atoms with Crippen molar-refractivity contribution < 1.29 is 9.59 Å². The fraction of sp³-hybridized carbons (Fsp3) is 0.292. The molecule has 2 heterocycles. The van der Waals surface area contributed by atoms with E-state index in [2.05, 4.69) is 45.4 Å². The van der Waals surface area contributed by atoms with Gasteiger partial charge < -0.3 is 10.6 Å². The molecule has 1 aliphatic carbocycles. The number of ketones is 1. The number of allylic oxidation sites excluding steroid dienone is 3. The van der Waals surface area contributed by atoms with E-state index in [9.17, 15) is 9.59 Å². The van der Waals surface area contributed by atoms with Crippen LogP contribution in [0.3, 0.4) is 0 Å². The number of carbonyl (C=O) groups excluding carboxylic acids is 2. The van der Waals surface area contributed by atoms with Gasteiger partial charge in [-0.2, -0.15) is 0 Å². The van der Waals surface area contributed by atoms with E-state index in [0.717, 1.165) is 27.9 Å². The number of hydrogen-bond donors (Lipinski definition) is 2. The number of pyridine rings is 1. The normalized spacial score (nSPS) is 20.5. The summed E-state index contributed by atoms with van der Waals surface area (Å²) in [4.78, 5) is 30.8. The molecule has 0 radical (unpaired) electrons. The highest BCUT2D eigenvalue weighted by Crippen LogP contribution is 2.46. The van der Waals surface area contributed by atoms with Gasteiger partial charge in [-0.3, -0.25) is 9.59 Å². The molecule has 0 spiro atoms. The second-order valence-electron chi connectivity index (χ2n) is 8.65. The molecule has 0 fully saturated rings. The van der Waals surface area contributed by atoms with E-state index in [1.54, 1.807) is 18.3 Å². The molecule has 5 nitrogen and oxygen atoms in total. The Morgan fingerprint density at radius 2 is 1.90 bits per heavy atom. The Balaban J connectivity index is 1.81. The van der Waals surface area contributed by atoms with E-state index >= 15 is 0 Å². The van der Waals surface area contributed by atoms with Crippen LogP contribution in [0.1, 0.15) is 45.1 Å². The quantitative estimate of drug-likeness (QED) is 0.662. The standard InChI is InChI=1S/C24H24BrN3O2/c1-14-20(23(30)28-19-6-4-5-11-26-19)21(15-7-9-16(25)10-8-15)22-17(27-14)12-24(2,3)13-18(22)29/h4-11,21,27H,12-13H2,1-3H3,(H,26,28,30)/t21-/m0/s1. The van der Waals surface area contributed by atoms with E-state index in [1.807, 2.05) is 37.3 Å². The third-order valence-electron chi connectivity index (χ3n) is 5.59. The van der Waals surface area contributed by atoms with Crippen molar-refractivity contribution in [2.24, 2.45) is 5.41 Å². The number of carbonyl (C=O) groups is 2. The molecular formula is C24H24BrN3O2. The first kappa shape index (κ1) is 20.5. The molecule has 1 atom stereocenters. The lowest BCUT2D eigenvalue weighted by Crippen LogP contribution is -2.39. The Labute approximate surface area is 184 Å². The van der Waals surface area contributed by atoms with Crippen LogP contribution in [0, 0.1) is 5.41 Å². The zero-order valence-electron chi connectivity index (χ0n) is 17.3. The number of nitrogens with zero attached hydrogens (tertiary/aromatic N) is 1. The van der Waals surface area contributed by atoms with Gasteiger partial charge in [-0.15, -0.1) is 0 Å². The first-order valence-corrected chi connectivity index (χ1v) is 10.8. The van der Waals surface area contributed by atoms with Gasteiger partial charge in [-0.05, 0) is 48.6 Å². The number of hydrogen-bond acceptors (Lipinski definition) is 4. The number of Topliss-reactive ketones (excluding diaryl/α,β-unsaturated/α-hetero) is 1. The lowest BCUT2D eigenvalue weighted by Gasteiger charge is -2.39. The van der Waals surface area contributed by atoms with Gasteiger partial charge in [0.25, 0.3) is 5.91 Å². The van der Waals surface area contributed by atoms with Crippen LogP contribution >= 0.6 is 15.9 Å². The first-order valence-electron chi connectivity index (χ1n) is 9.97. The fourth-order valence-electron chi connectivity index (χ4n) is 4.35. The van der Waals surface area contributed by atoms with E-state index < -0.39 is 5.92 Å². The Morgan fingerprint density at radius 1 is 1.17 bits per heavy atom. The summed E-state index contributed by atoms with van der Waals surface area (Å²) in [5.41, 5.74) is 3.76. The van der Waals surface area contributed by atoms with E-state index in [4.69, 9.17) is 0 Å². The SMILES string of the molecule is CC1=C(C(=O)Nc2ccccn2)[C@H](c2ccc(Br)cc2)C2=C(CC(C)(C)CC2=O)N1. The summed E-state index contributed by atoms with van der Waals surface area (Å²) >= 11 is 3.47. The van der Waals surface area contributed by atoms with Crippen molar-refractivity contribution in [1.29, 1.82) is 0 Å². The Bertz CT molecular complexity index is 1070. The van der Waals surface area contributed by atoms with Crippen molar-refractivity contribution in [2.45, 2.75) is 39.5 Å². The van der Waals surface area contributed by atoms with E-state index in [-0.39, 0.29) is 17.1 Å². The minimum atomic E-state index is -0.415. The number of halogens is 1. The highest BCUT2D eigenvalue weighted by Gasteiger charge is 2.42. The molecule has 4 rings (SSSR count). The van der Waals surface area contributed by atoms with E-state index in [0.29, 0.717) is 23.4 Å². The minimum Gasteiger partial charge on any atom is -0.362 e. The molecule has 0 saturated heterocycles. The molecule has 154 valence electrons. The summed E-state index contributed by atoms with van der Waals surface area (Å²) in [5.74, 6) is -0.0944. The van der Waals surface area contributed by atoms with Crippen molar-refractivity contribution in [3.05, 3.63) is 81.2 Å². The van der Waals surface area contributed by atoms with Crippen molar-refractivity contribution in [3.63, 3.8) is 0 Å². The molecule has 2 N–H and O–H groups in total. The largest absolute Gasteiger partial charge is 0.362 e. The third kappa shape index (κ3) is 3.97. The molecule has 1 aliphatic heterocycles. The van der Waals surface area contributed by atoms with Crippen LogP contribution in [0.25, 0.3) is 0 Å². The van der Waals surface area contributed by atoms with Gasteiger partial charge in [0.2, 0.25) is 0 Å². The molecule has 0 bridgehead atoms. The van der Waals surface area contributed by atoms with E-state index in [1.165, 1.54) is 0 Å². The summed E-state index contributed by atoms with van der Waals surface area (Å²) in [6, 6.07) is 13.2. The van der Waals surface area contributed by atoms with Gasteiger partial charge in [0, 0.05) is 45.5 Å². The molecule has 2 aliphatic rings. The van der Waals surface area contributed by atoms with Gasteiger partial charge in [-0.25, -0.2) is 4.98 Å². The van der Waals surface area contributed by atoms with Crippen LogP contribution < -0.4 is 10.6 Å². The van der Waals surface area contributed by atoms with Crippen molar-refractivity contribution in [2.75, 3.05) is 5.32 Å². The smallest absolute Gasteiger partial charge is 0.255 e. The maximum atomic E-state index is 13.3. The van der Waals surface area contributed by atoms with Crippen LogP contribution in [0.5, 0.6) is 0 Å². The zero-order valence-corrected chi connectivity index (χ0v) is 18.8. The number of nitrogens with one attached hydrogen (secondary N) is 2. The average Bonchev–Trinajstić information content (AvgIpc) is 2.67. The molecular weight excluding hydrogens is 442 g/mol. The summed E-state index contributed by atoms with van der Waals surface area (Å²) in [6.45, 7) is 6.11. The maximum absolute atomic E-state index is 13.3. The number of amides is 1. The minimum absolute atomic E-state index is 0.0947. The van der Waals surface area contributed by atoms with Crippen LogP contribution in [0.15, 0.2) is 75.7 Å². The highest BCUT2D eigenvalue weighted by atomic mass is 79.9. The third-order valence-corrected chi connectivity index (χ3v) is 6.12. The van der Waals surface area contributed by atoms with Crippen LogP contribution in [0.4, 0.5) is 5.82 Å². The van der Waals surface area contributed by atoms with Gasteiger partial charge >= 0.3 is 0 Å². The van der Waals surface area contributed by atoms with Crippen LogP contribution in [-0.2, 0) is 9.59 Å². The molecule has 2 aromatic rings. The van der Waals surface area contributed by atoms with Crippen LogP contribution in [-0.4, -0.2) is 16.7 Å². The highest BCUT2D eigenvalue weighted by molar-refractivity contribution is 9.10. The van der Waals surface area contributed by atoms with Crippen molar-refractivity contribution >= 4 is 33.4 Å². The Kier molecular flexibility index (Phi) is 5.36. The Hall–Kier alpha value is -2.73. The monoisotopic (exact) mass is 465 g/mol. The molecule has 0 unspecified atom stereocenters. The van der Waals surface area contributed by atoms with Gasteiger partial charge in [0.1, 0.15) is 5.82 Å². The van der Waals surface area contributed by atoms with Gasteiger partial charge in [0.15, 0.2) is 5.78 Å². The molecule has 1 aromatic carbocycles. The number of anilines is 1. The average molecular weight is 466 g/mol. The summed E-state index contributed by atoms with van der Waals surface area (Å²) in [6.07, 6.45) is 2.87. The predicted octanol–water partition coefficient (Wildman–Crippen LogP) is 5.09. The summed E-state index contributed by atoms with van der Waals surface area (Å²) < 4.78 is 0.950. The van der Waals surface area contributed by atoms with Gasteiger partial charge in [-0.1, -0.05) is 48.0 Å². The number of rotatable bonds is 3. The lowest BCUT2D eigenvalue weighted by atomic mass is 9.68. The first-order chi connectivity index (χ1) is 14.2. The molecule has 1 aromatic heterocycles. The maximum Gasteiger partial charge on any atom is 0.255 e. The molecule has 30 heavy (non-hydrogen) atoms. The van der Waals surface area contributed by atoms with Gasteiger partial charge in [0.05, 0.1) is 0 Å². The van der Waals surface area contributed by atoms with Crippen molar-refractivity contribution in [3.8, 4) is 0 Å². The number of benzene rings is 1. The summed E-state index contributed by atoms with van der Waals surface area (Å²) in [5, 5.41) is 6.27. The fourth-order valence-corrected chi connectivity index (χ4v) is 4.61. The lowest BCUT2D eigenvalue weighted by molar-refractivity contribution is -0.118. The predicted molar refractivity (Wildman–Crippen MR) is 121 cm³/mol. The topological polar surface area (TPSA) is 71.1 Å². The van der Waals surface area contributed by atoms with Crippen molar-refractivity contribution in [1.82, 2.24) is 10.3 Å². The molecule has 0 saturated carbocycles.